The Balaban J connectivity index is 1.57. The number of ether oxygens (including phenoxy) is 1. The van der Waals surface area contributed by atoms with Crippen molar-refractivity contribution < 1.29 is 14.4 Å². The SMILES string of the molecule is COc1cccc(C(=O)ON=Cc2ccc(Sc3ccc(C)cc3)nc2)c1. The van der Waals surface area contributed by atoms with Gasteiger partial charge in [-0.15, -0.1) is 0 Å². The summed E-state index contributed by atoms with van der Waals surface area (Å²) in [6.45, 7) is 2.06. The average Bonchev–Trinajstić information content (AvgIpc) is 2.71. The largest absolute Gasteiger partial charge is 0.497 e. The molecule has 3 rings (SSSR count). The molecule has 0 saturated heterocycles. The first-order valence-corrected chi connectivity index (χ1v) is 9.05. The van der Waals surface area contributed by atoms with E-state index in [-0.39, 0.29) is 0 Å². The monoisotopic (exact) mass is 378 g/mol. The van der Waals surface area contributed by atoms with Crippen molar-refractivity contribution in [2.75, 3.05) is 7.11 Å². The maximum Gasteiger partial charge on any atom is 0.365 e. The summed E-state index contributed by atoms with van der Waals surface area (Å²) in [6.07, 6.45) is 3.13. The molecule has 1 heterocycles. The lowest BCUT2D eigenvalue weighted by Gasteiger charge is -2.02. The first-order chi connectivity index (χ1) is 13.1. The van der Waals surface area contributed by atoms with E-state index in [9.17, 15) is 4.79 Å². The van der Waals surface area contributed by atoms with Gasteiger partial charge >= 0.3 is 5.97 Å². The molecule has 0 unspecified atom stereocenters. The number of oxime groups is 1. The molecule has 1 aromatic heterocycles. The number of carbonyl (C=O) groups excluding carboxylic acids is 1. The van der Waals surface area contributed by atoms with Crippen LogP contribution in [0.25, 0.3) is 0 Å². The second-order valence-corrected chi connectivity index (χ2v) is 6.78. The highest BCUT2D eigenvalue weighted by Crippen LogP contribution is 2.25. The van der Waals surface area contributed by atoms with Gasteiger partial charge in [-0.1, -0.05) is 40.7 Å². The van der Waals surface area contributed by atoms with Crippen molar-refractivity contribution >= 4 is 23.9 Å². The fourth-order valence-electron chi connectivity index (χ4n) is 2.19. The molecular formula is C21H18N2O3S. The third-order valence-electron chi connectivity index (χ3n) is 3.65. The van der Waals surface area contributed by atoms with Crippen molar-refractivity contribution in [1.82, 2.24) is 4.98 Å². The number of aromatic nitrogens is 1. The summed E-state index contributed by atoms with van der Waals surface area (Å²) in [5, 5.41) is 4.61. The number of benzene rings is 2. The number of hydrogen-bond donors (Lipinski definition) is 0. The fraction of sp³-hybridized carbons (Fsp3) is 0.0952. The maximum absolute atomic E-state index is 12.0. The summed E-state index contributed by atoms with van der Waals surface area (Å²) in [6, 6.07) is 18.7. The van der Waals surface area contributed by atoms with Crippen LogP contribution in [0.5, 0.6) is 5.75 Å². The molecule has 6 heteroatoms. The molecule has 0 atom stereocenters. The van der Waals surface area contributed by atoms with Crippen LogP contribution in [0.15, 0.2) is 81.9 Å². The number of nitrogens with zero attached hydrogens (tertiary/aromatic N) is 2. The quantitative estimate of drug-likeness (QED) is 0.352. The minimum absolute atomic E-state index is 0.370. The van der Waals surface area contributed by atoms with E-state index in [1.165, 1.54) is 18.9 Å². The maximum atomic E-state index is 12.0. The van der Waals surface area contributed by atoms with Crippen LogP contribution in [0.4, 0.5) is 0 Å². The van der Waals surface area contributed by atoms with Gasteiger partial charge in [0.05, 0.1) is 18.9 Å². The predicted octanol–water partition coefficient (Wildman–Crippen LogP) is 4.74. The van der Waals surface area contributed by atoms with Gasteiger partial charge in [0, 0.05) is 16.7 Å². The van der Waals surface area contributed by atoms with Gasteiger partial charge in [-0.2, -0.15) is 0 Å². The average molecular weight is 378 g/mol. The van der Waals surface area contributed by atoms with E-state index in [2.05, 4.69) is 41.3 Å². The summed E-state index contributed by atoms with van der Waals surface area (Å²) in [7, 11) is 1.54. The summed E-state index contributed by atoms with van der Waals surface area (Å²) in [4.78, 5) is 22.4. The molecule has 0 bridgehead atoms. The minimum Gasteiger partial charge on any atom is -0.497 e. The van der Waals surface area contributed by atoms with Crippen LogP contribution in [0, 0.1) is 6.92 Å². The van der Waals surface area contributed by atoms with Crippen molar-refractivity contribution in [2.24, 2.45) is 5.16 Å². The molecule has 27 heavy (non-hydrogen) atoms. The molecule has 0 spiro atoms. The van der Waals surface area contributed by atoms with Gasteiger partial charge in [-0.3, -0.25) is 0 Å². The highest BCUT2D eigenvalue weighted by molar-refractivity contribution is 7.99. The van der Waals surface area contributed by atoms with E-state index in [4.69, 9.17) is 9.57 Å². The van der Waals surface area contributed by atoms with Crippen molar-refractivity contribution in [1.29, 1.82) is 0 Å². The van der Waals surface area contributed by atoms with Crippen LogP contribution in [0.3, 0.4) is 0 Å². The fourth-order valence-corrected chi connectivity index (χ4v) is 2.95. The van der Waals surface area contributed by atoms with E-state index < -0.39 is 5.97 Å². The number of hydrogen-bond acceptors (Lipinski definition) is 6. The van der Waals surface area contributed by atoms with Crippen LogP contribution in [0.2, 0.25) is 0 Å². The van der Waals surface area contributed by atoms with Crippen LogP contribution >= 0.6 is 11.8 Å². The number of methoxy groups -OCH3 is 1. The summed E-state index contributed by atoms with van der Waals surface area (Å²) < 4.78 is 5.08. The van der Waals surface area contributed by atoms with Gasteiger partial charge in [0.1, 0.15) is 10.8 Å². The second-order valence-electron chi connectivity index (χ2n) is 5.69. The molecule has 0 aliphatic heterocycles. The van der Waals surface area contributed by atoms with Gasteiger partial charge in [0.2, 0.25) is 0 Å². The topological polar surface area (TPSA) is 60.8 Å². The Labute approximate surface area is 162 Å². The molecule has 2 aromatic carbocycles. The lowest BCUT2D eigenvalue weighted by atomic mass is 10.2. The Morgan fingerprint density at radius 1 is 1.11 bits per heavy atom. The van der Waals surface area contributed by atoms with E-state index in [1.54, 1.807) is 42.2 Å². The second kappa shape index (κ2) is 9.00. The summed E-state index contributed by atoms with van der Waals surface area (Å²) >= 11 is 1.58. The van der Waals surface area contributed by atoms with Crippen molar-refractivity contribution in [3.05, 3.63) is 83.6 Å². The molecule has 3 aromatic rings. The van der Waals surface area contributed by atoms with E-state index in [0.29, 0.717) is 11.3 Å². The van der Waals surface area contributed by atoms with Crippen LogP contribution in [-0.2, 0) is 4.84 Å². The molecule has 136 valence electrons. The van der Waals surface area contributed by atoms with Gasteiger partial charge in [-0.25, -0.2) is 9.78 Å². The molecule has 0 radical (unpaired) electrons. The lowest BCUT2D eigenvalue weighted by Crippen LogP contribution is -2.01. The molecule has 0 saturated carbocycles. The standard InChI is InChI=1S/C21H18N2O3S/c1-15-6-9-19(10-7-15)27-20-11-8-16(13-22-20)14-23-26-21(24)17-4-3-5-18(12-17)25-2/h3-14H,1-2H3. The molecule has 0 aliphatic rings. The van der Waals surface area contributed by atoms with Crippen molar-refractivity contribution in [3.8, 4) is 5.75 Å². The van der Waals surface area contributed by atoms with E-state index in [0.717, 1.165) is 15.5 Å². The molecule has 0 fully saturated rings. The highest BCUT2D eigenvalue weighted by Gasteiger charge is 2.07. The van der Waals surface area contributed by atoms with Crippen molar-refractivity contribution in [2.45, 2.75) is 16.8 Å². The molecule has 0 amide bonds. The number of carbonyl (C=O) groups is 1. The summed E-state index contributed by atoms with van der Waals surface area (Å²) in [5.41, 5.74) is 2.33. The predicted molar refractivity (Wildman–Crippen MR) is 106 cm³/mol. The Bertz CT molecular complexity index is 938. The van der Waals surface area contributed by atoms with Gasteiger partial charge < -0.3 is 9.57 Å². The zero-order valence-electron chi connectivity index (χ0n) is 15.0. The zero-order valence-corrected chi connectivity index (χ0v) is 15.8. The Hall–Kier alpha value is -3.12. The first kappa shape index (κ1) is 18.7. The van der Waals surface area contributed by atoms with Gasteiger partial charge in [-0.05, 0) is 49.4 Å². The van der Waals surface area contributed by atoms with Gasteiger partial charge in [0.15, 0.2) is 0 Å². The first-order valence-electron chi connectivity index (χ1n) is 8.23. The highest BCUT2D eigenvalue weighted by atomic mass is 32.2. The number of pyridine rings is 1. The smallest absolute Gasteiger partial charge is 0.365 e. The zero-order chi connectivity index (χ0) is 19.1. The minimum atomic E-state index is -0.551. The third-order valence-corrected chi connectivity index (χ3v) is 4.60. The Kier molecular flexibility index (Phi) is 6.22. The van der Waals surface area contributed by atoms with Crippen molar-refractivity contribution in [3.63, 3.8) is 0 Å². The van der Waals surface area contributed by atoms with Crippen LogP contribution in [-0.4, -0.2) is 24.3 Å². The Morgan fingerprint density at radius 2 is 1.93 bits per heavy atom. The van der Waals surface area contributed by atoms with E-state index >= 15 is 0 Å². The number of rotatable bonds is 6. The summed E-state index contributed by atoms with van der Waals surface area (Å²) in [5.74, 6) is 0.0314. The van der Waals surface area contributed by atoms with E-state index in [1.807, 2.05) is 12.1 Å². The molecule has 0 aliphatic carbocycles. The van der Waals surface area contributed by atoms with Crippen LogP contribution in [0.1, 0.15) is 21.5 Å². The lowest BCUT2D eigenvalue weighted by molar-refractivity contribution is 0.0519. The van der Waals surface area contributed by atoms with Crippen LogP contribution < -0.4 is 4.74 Å². The number of aryl methyl sites for hydroxylation is 1. The molecule has 0 N–H and O–H groups in total. The third kappa shape index (κ3) is 5.43. The normalized spacial score (nSPS) is 10.7. The Morgan fingerprint density at radius 3 is 2.63 bits per heavy atom. The molecule has 5 nitrogen and oxygen atoms in total. The van der Waals surface area contributed by atoms with Gasteiger partial charge in [0.25, 0.3) is 0 Å². The molecular weight excluding hydrogens is 360 g/mol.